The van der Waals surface area contributed by atoms with Crippen molar-refractivity contribution in [2.75, 3.05) is 73.1 Å². The van der Waals surface area contributed by atoms with E-state index in [-0.39, 0.29) is 30.8 Å². The van der Waals surface area contributed by atoms with Crippen molar-refractivity contribution in [3.05, 3.63) is 101 Å². The van der Waals surface area contributed by atoms with Crippen molar-refractivity contribution < 1.29 is 47.6 Å². The van der Waals surface area contributed by atoms with Crippen LogP contribution >= 0.6 is 0 Å². The van der Waals surface area contributed by atoms with Gasteiger partial charge < -0.3 is 44.8 Å². The van der Waals surface area contributed by atoms with Gasteiger partial charge in [0.25, 0.3) is 0 Å². The predicted octanol–water partition coefficient (Wildman–Crippen LogP) is 5.37. The summed E-state index contributed by atoms with van der Waals surface area (Å²) in [5.41, 5.74) is 9.70. The third-order valence-corrected chi connectivity index (χ3v) is 11.7. The maximum atomic E-state index is 15.0. The second-order valence-corrected chi connectivity index (χ2v) is 17.3. The van der Waals surface area contributed by atoms with Crippen LogP contribution in [0.5, 0.6) is 5.75 Å². The minimum absolute atomic E-state index is 0.0569. The molecule has 0 spiro atoms. The molecule has 5 rings (SSSR count). The van der Waals surface area contributed by atoms with E-state index < -0.39 is 41.3 Å². The van der Waals surface area contributed by atoms with E-state index in [9.17, 15) is 14.4 Å². The number of rotatable bonds is 24. The van der Waals surface area contributed by atoms with Gasteiger partial charge in [-0.1, -0.05) is 81.4 Å². The lowest BCUT2D eigenvalue weighted by Crippen LogP contribution is -2.58. The Morgan fingerprint density at radius 2 is 1.38 bits per heavy atom. The van der Waals surface area contributed by atoms with Gasteiger partial charge in [0, 0.05) is 19.5 Å². The van der Waals surface area contributed by atoms with Gasteiger partial charge in [-0.25, -0.2) is 4.79 Å². The van der Waals surface area contributed by atoms with E-state index in [1.165, 1.54) is 17.5 Å². The molecule has 0 heterocycles. The van der Waals surface area contributed by atoms with E-state index in [1.54, 1.807) is 6.92 Å². The molecule has 4 N–H and O–H groups in total. The number of likely N-dealkylation sites (N-methyl/N-ethyl adjacent to an activating group) is 1. The van der Waals surface area contributed by atoms with Crippen molar-refractivity contribution in [3.63, 3.8) is 0 Å². The summed E-state index contributed by atoms with van der Waals surface area (Å²) < 4.78 is 33.5. The van der Waals surface area contributed by atoms with Crippen LogP contribution in [0.15, 0.2) is 72.8 Å². The molecule has 0 radical (unpaired) electrons. The van der Waals surface area contributed by atoms with Gasteiger partial charge in [-0.15, -0.1) is 0 Å². The molecule has 0 saturated carbocycles. The molecule has 2 aliphatic rings. The highest BCUT2D eigenvalue weighted by Gasteiger charge is 2.45. The minimum atomic E-state index is -0.965. The van der Waals surface area contributed by atoms with Gasteiger partial charge in [0.15, 0.2) is 5.78 Å². The summed E-state index contributed by atoms with van der Waals surface area (Å²) in [6, 6.07) is 21.2. The second-order valence-electron chi connectivity index (χ2n) is 17.3. The molecule has 5 atom stereocenters. The van der Waals surface area contributed by atoms with Gasteiger partial charge in [-0.2, -0.15) is 0 Å². The molecule has 1 unspecified atom stereocenters. The number of aryl methyl sites for hydroxylation is 1. The van der Waals surface area contributed by atoms with Crippen LogP contribution in [0.25, 0.3) is 0 Å². The van der Waals surface area contributed by atoms with Gasteiger partial charge >= 0.3 is 6.09 Å². The van der Waals surface area contributed by atoms with Crippen LogP contribution in [0, 0.1) is 17.3 Å². The molecular formula is C49H68N4O10. The number of nitrogens with two attached hydrogens (primary N) is 1. The van der Waals surface area contributed by atoms with E-state index in [1.807, 2.05) is 81.4 Å². The number of fused-ring (bicyclic) bond motifs is 2. The Morgan fingerprint density at radius 3 is 2.05 bits per heavy atom. The summed E-state index contributed by atoms with van der Waals surface area (Å²) in [4.78, 5) is 57.6. The Balaban J connectivity index is 1.23. The van der Waals surface area contributed by atoms with Crippen LogP contribution in [0.3, 0.4) is 0 Å². The summed E-state index contributed by atoms with van der Waals surface area (Å²) in [7, 11) is 1.50. The van der Waals surface area contributed by atoms with Crippen molar-refractivity contribution in [3.8, 4) is 5.75 Å². The first kappa shape index (κ1) is 49.2. The molecule has 3 amide bonds. The SMILES string of the molecule is C[C@@H](C(=O)N[C@H](C(=O)C1Cc2cc(OCCOCCOCCOCCOCCN)ccc2C[C@H]1C(=O)N[C@@H]1CCCc2ccccc21)C(C)(C)C)N(C)C(=O)OCc1ccccc1. The zero-order valence-electron chi connectivity index (χ0n) is 37.7. The number of hydrogen-bond donors (Lipinski definition) is 3. The summed E-state index contributed by atoms with van der Waals surface area (Å²) in [6.07, 6.45) is 2.68. The van der Waals surface area contributed by atoms with Gasteiger partial charge in [0.1, 0.15) is 25.0 Å². The number of benzene rings is 3. The number of Topliss-reactive ketones (excluding diaryl/α,β-unsaturated/α-hetero) is 1. The van der Waals surface area contributed by atoms with Crippen LogP contribution in [0.1, 0.15) is 74.4 Å². The third-order valence-electron chi connectivity index (χ3n) is 11.7. The first-order valence-corrected chi connectivity index (χ1v) is 22.3. The largest absolute Gasteiger partial charge is 0.491 e. The fourth-order valence-electron chi connectivity index (χ4n) is 8.01. The molecule has 14 nitrogen and oxygen atoms in total. The molecule has 0 aromatic heterocycles. The molecule has 0 bridgehead atoms. The highest BCUT2D eigenvalue weighted by molar-refractivity contribution is 5.96. The van der Waals surface area contributed by atoms with Crippen molar-refractivity contribution in [1.82, 2.24) is 15.5 Å². The van der Waals surface area contributed by atoms with E-state index in [0.29, 0.717) is 78.2 Å². The van der Waals surface area contributed by atoms with Crippen molar-refractivity contribution >= 4 is 23.7 Å². The topological polar surface area (TPSA) is 177 Å². The molecule has 0 fully saturated rings. The fraction of sp³-hybridized carbons (Fsp3) is 0.551. The lowest BCUT2D eigenvalue weighted by Gasteiger charge is -2.39. The van der Waals surface area contributed by atoms with Crippen LogP contribution in [-0.4, -0.2) is 114 Å². The van der Waals surface area contributed by atoms with Crippen molar-refractivity contribution in [2.45, 2.75) is 84.5 Å². The molecule has 3 aromatic carbocycles. The van der Waals surface area contributed by atoms with Gasteiger partial charge in [0.2, 0.25) is 11.8 Å². The fourth-order valence-corrected chi connectivity index (χ4v) is 8.01. The third kappa shape index (κ3) is 14.9. The monoisotopic (exact) mass is 872 g/mol. The maximum absolute atomic E-state index is 15.0. The minimum Gasteiger partial charge on any atom is -0.491 e. The molecular weight excluding hydrogens is 805 g/mol. The van der Waals surface area contributed by atoms with E-state index in [4.69, 9.17) is 34.2 Å². The Labute approximate surface area is 372 Å². The Kier molecular flexibility index (Phi) is 19.4. The highest BCUT2D eigenvalue weighted by atomic mass is 16.6. The van der Waals surface area contributed by atoms with E-state index in [0.717, 1.165) is 41.5 Å². The van der Waals surface area contributed by atoms with Gasteiger partial charge in [-0.3, -0.25) is 19.3 Å². The Hall–Kier alpha value is -4.86. The van der Waals surface area contributed by atoms with Gasteiger partial charge in [-0.05, 0) is 84.4 Å². The average molecular weight is 873 g/mol. The summed E-state index contributed by atoms with van der Waals surface area (Å²) in [5.74, 6) is -1.73. The predicted molar refractivity (Wildman–Crippen MR) is 239 cm³/mol. The average Bonchev–Trinajstić information content (AvgIpc) is 3.28. The Morgan fingerprint density at radius 1 is 0.762 bits per heavy atom. The number of carbonyl (C=O) groups is 4. The van der Waals surface area contributed by atoms with E-state index >= 15 is 4.79 Å². The number of ether oxygens (including phenoxy) is 6. The van der Waals surface area contributed by atoms with Crippen molar-refractivity contribution in [1.29, 1.82) is 0 Å². The number of carbonyl (C=O) groups excluding carboxylic acids is 4. The number of nitrogens with one attached hydrogen (secondary N) is 2. The molecule has 344 valence electrons. The summed E-state index contributed by atoms with van der Waals surface area (Å²) >= 11 is 0. The van der Waals surface area contributed by atoms with Crippen LogP contribution in [0.4, 0.5) is 4.79 Å². The molecule has 0 saturated heterocycles. The van der Waals surface area contributed by atoms with Crippen LogP contribution in [-0.2, 0) is 63.9 Å². The van der Waals surface area contributed by atoms with Crippen molar-refractivity contribution in [2.24, 2.45) is 23.0 Å². The lowest BCUT2D eigenvalue weighted by atomic mass is 9.69. The molecule has 63 heavy (non-hydrogen) atoms. The molecule has 3 aromatic rings. The highest BCUT2D eigenvalue weighted by Crippen LogP contribution is 2.37. The second kappa shape index (κ2) is 24.8. The molecule has 14 heteroatoms. The summed E-state index contributed by atoms with van der Waals surface area (Å²) in [6.45, 7) is 11.8. The first-order valence-electron chi connectivity index (χ1n) is 22.3. The zero-order valence-corrected chi connectivity index (χ0v) is 37.7. The normalized spacial score (nSPS) is 18.0. The zero-order chi connectivity index (χ0) is 45.2. The van der Waals surface area contributed by atoms with Crippen LogP contribution in [0.2, 0.25) is 0 Å². The number of ketones is 1. The summed E-state index contributed by atoms with van der Waals surface area (Å²) in [5, 5.41) is 6.32. The first-order chi connectivity index (χ1) is 30.4. The van der Waals surface area contributed by atoms with Gasteiger partial charge in [0.05, 0.1) is 70.9 Å². The smallest absolute Gasteiger partial charge is 0.410 e. The van der Waals surface area contributed by atoms with E-state index in [2.05, 4.69) is 22.8 Å². The lowest BCUT2D eigenvalue weighted by molar-refractivity contribution is -0.139. The quantitative estimate of drug-likeness (QED) is 0.0987. The standard InChI is InChI=1S/C49H68N4O10/c1-34(53(5)48(57)63-33-35-12-7-6-8-13-35)46(55)52-45(49(2,3)4)44(54)41-32-38-30-39(62-29-28-61-27-26-60-25-24-59-23-22-58-21-20-50)19-18-37(38)31-42(41)47(56)51-43-17-11-15-36-14-9-10-16-40(36)43/h6-10,12-14,16,18-19,30,34,41-43,45H,11,15,17,20-29,31-33,50H2,1-5H3,(H,51,56)(H,52,55)/t34-,41?,42+,43+,45+/m0/s1. The maximum Gasteiger partial charge on any atom is 0.410 e. The molecule has 2 aliphatic carbocycles. The Bertz CT molecular complexity index is 1920. The molecule has 0 aliphatic heterocycles. The number of amides is 3. The van der Waals surface area contributed by atoms with Crippen LogP contribution < -0.4 is 21.1 Å². The number of nitrogens with zero attached hydrogens (tertiary/aromatic N) is 1. The number of hydrogen-bond acceptors (Lipinski definition) is 11.